The van der Waals surface area contributed by atoms with Crippen molar-refractivity contribution in [3.63, 3.8) is 0 Å². The fourth-order valence-electron chi connectivity index (χ4n) is 1.24. The molecule has 1 heterocycles. The number of urea groups is 1. The second kappa shape index (κ2) is 7.96. The van der Waals surface area contributed by atoms with E-state index in [1.54, 1.807) is 4.90 Å². The first kappa shape index (κ1) is 14.7. The van der Waals surface area contributed by atoms with E-state index in [4.69, 9.17) is 0 Å². The lowest BCUT2D eigenvalue weighted by Crippen LogP contribution is -2.38. The monoisotopic (exact) mass is 229 g/mol. The second-order valence-corrected chi connectivity index (χ2v) is 3.66. The summed E-state index contributed by atoms with van der Waals surface area (Å²) in [7, 11) is 0. The van der Waals surface area contributed by atoms with Crippen LogP contribution in [0, 0.1) is 5.92 Å². The summed E-state index contributed by atoms with van der Waals surface area (Å²) < 4.78 is 0. The normalized spacial score (nSPS) is 14.3. The molecule has 0 aromatic heterocycles. The highest BCUT2D eigenvalue weighted by molar-refractivity contribution is 5.78. The average Bonchev–Trinajstić information content (AvgIpc) is 2.67. The highest BCUT2D eigenvalue weighted by Crippen LogP contribution is 1.95. The number of amides is 3. The molecule has 1 aliphatic heterocycles. The van der Waals surface area contributed by atoms with Gasteiger partial charge in [0.1, 0.15) is 0 Å². The predicted molar refractivity (Wildman–Crippen MR) is 64.2 cm³/mol. The molecule has 0 spiro atoms. The Hall–Kier alpha value is -1.26. The van der Waals surface area contributed by atoms with E-state index in [0.29, 0.717) is 19.6 Å². The summed E-state index contributed by atoms with van der Waals surface area (Å²) in [5, 5.41) is 5.47. The number of hydrogen-bond donors (Lipinski definition) is 2. The third-order valence-electron chi connectivity index (χ3n) is 2.15. The lowest BCUT2D eigenvalue weighted by Gasteiger charge is -2.14. The van der Waals surface area contributed by atoms with Crippen molar-refractivity contribution in [3.05, 3.63) is 0 Å². The summed E-state index contributed by atoms with van der Waals surface area (Å²) in [5.41, 5.74) is 0. The van der Waals surface area contributed by atoms with Gasteiger partial charge < -0.3 is 15.5 Å². The number of carbonyl (C=O) groups is 2. The molecule has 1 fully saturated rings. The van der Waals surface area contributed by atoms with Crippen LogP contribution in [-0.2, 0) is 4.79 Å². The molecule has 5 heteroatoms. The number of nitrogens with zero attached hydrogens (tertiary/aromatic N) is 1. The van der Waals surface area contributed by atoms with E-state index in [9.17, 15) is 9.59 Å². The van der Waals surface area contributed by atoms with E-state index in [-0.39, 0.29) is 17.9 Å². The first-order chi connectivity index (χ1) is 7.61. The molecule has 5 nitrogen and oxygen atoms in total. The largest absolute Gasteiger partial charge is 0.354 e. The maximum Gasteiger partial charge on any atom is 0.317 e. The van der Waals surface area contributed by atoms with Gasteiger partial charge in [-0.15, -0.1) is 0 Å². The van der Waals surface area contributed by atoms with Crippen molar-refractivity contribution in [3.8, 4) is 0 Å². The Morgan fingerprint density at radius 3 is 2.56 bits per heavy atom. The molecule has 2 N–H and O–H groups in total. The van der Waals surface area contributed by atoms with Crippen LogP contribution < -0.4 is 10.6 Å². The SMILES string of the molecule is CC.CC(C)C(=O)NCCN1CCNC1=O. The van der Waals surface area contributed by atoms with Crippen molar-refractivity contribution in [1.82, 2.24) is 15.5 Å². The van der Waals surface area contributed by atoms with Crippen LogP contribution in [0.25, 0.3) is 0 Å². The summed E-state index contributed by atoms with van der Waals surface area (Å²) in [4.78, 5) is 23.9. The molecule has 1 saturated heterocycles. The molecule has 0 aliphatic carbocycles. The standard InChI is InChI=1S/C9H17N3O2.C2H6/c1-7(2)8(13)10-3-5-12-6-4-11-9(12)14;1-2/h7H,3-6H2,1-2H3,(H,10,13)(H,11,14);1-2H3. The minimum atomic E-state index is -0.0382. The van der Waals surface area contributed by atoms with Crippen LogP contribution >= 0.6 is 0 Å². The molecule has 0 bridgehead atoms. The van der Waals surface area contributed by atoms with Crippen LogP contribution in [-0.4, -0.2) is 43.0 Å². The minimum absolute atomic E-state index is 0.00223. The van der Waals surface area contributed by atoms with Crippen LogP contribution in [0.2, 0.25) is 0 Å². The number of nitrogens with one attached hydrogen (secondary N) is 2. The summed E-state index contributed by atoms with van der Waals surface area (Å²) in [6.45, 7) is 10.2. The van der Waals surface area contributed by atoms with Gasteiger partial charge in [-0.2, -0.15) is 0 Å². The fourth-order valence-corrected chi connectivity index (χ4v) is 1.24. The van der Waals surface area contributed by atoms with Crippen molar-refractivity contribution in [1.29, 1.82) is 0 Å². The Bertz CT molecular complexity index is 229. The Morgan fingerprint density at radius 1 is 1.50 bits per heavy atom. The quantitative estimate of drug-likeness (QED) is 0.749. The van der Waals surface area contributed by atoms with Crippen molar-refractivity contribution >= 4 is 11.9 Å². The molecule has 94 valence electrons. The van der Waals surface area contributed by atoms with Crippen LogP contribution in [0.4, 0.5) is 4.79 Å². The smallest absolute Gasteiger partial charge is 0.317 e. The molecule has 0 radical (unpaired) electrons. The van der Waals surface area contributed by atoms with Crippen molar-refractivity contribution < 1.29 is 9.59 Å². The maximum absolute atomic E-state index is 11.2. The van der Waals surface area contributed by atoms with Crippen molar-refractivity contribution in [2.75, 3.05) is 26.2 Å². The zero-order valence-corrected chi connectivity index (χ0v) is 10.7. The highest BCUT2D eigenvalue weighted by Gasteiger charge is 2.18. The zero-order chi connectivity index (χ0) is 12.6. The lowest BCUT2D eigenvalue weighted by atomic mass is 10.2. The van der Waals surface area contributed by atoms with Crippen molar-refractivity contribution in [2.24, 2.45) is 5.92 Å². The predicted octanol–water partition coefficient (Wildman–Crippen LogP) is 0.810. The fraction of sp³-hybridized carbons (Fsp3) is 0.818. The zero-order valence-electron chi connectivity index (χ0n) is 10.7. The van der Waals surface area contributed by atoms with Gasteiger partial charge >= 0.3 is 6.03 Å². The summed E-state index contributed by atoms with van der Waals surface area (Å²) in [6.07, 6.45) is 0. The molecular formula is C11H23N3O2. The summed E-state index contributed by atoms with van der Waals surface area (Å²) >= 11 is 0. The molecule has 1 rings (SSSR count). The molecular weight excluding hydrogens is 206 g/mol. The third kappa shape index (κ3) is 5.00. The molecule has 0 unspecified atom stereocenters. The Morgan fingerprint density at radius 2 is 2.12 bits per heavy atom. The average molecular weight is 229 g/mol. The third-order valence-corrected chi connectivity index (χ3v) is 2.15. The van der Waals surface area contributed by atoms with Crippen LogP contribution in [0.15, 0.2) is 0 Å². The van der Waals surface area contributed by atoms with E-state index in [1.165, 1.54) is 0 Å². The second-order valence-electron chi connectivity index (χ2n) is 3.66. The molecule has 1 aliphatic rings. The van der Waals surface area contributed by atoms with E-state index in [0.717, 1.165) is 6.54 Å². The molecule has 0 aromatic rings. The Labute approximate surface area is 97.6 Å². The molecule has 0 saturated carbocycles. The number of hydrogen-bond acceptors (Lipinski definition) is 2. The van der Waals surface area contributed by atoms with Gasteiger partial charge in [-0.25, -0.2) is 4.79 Å². The molecule has 16 heavy (non-hydrogen) atoms. The van der Waals surface area contributed by atoms with Gasteiger partial charge in [-0.3, -0.25) is 4.79 Å². The van der Waals surface area contributed by atoms with Crippen LogP contribution in [0.5, 0.6) is 0 Å². The number of rotatable bonds is 4. The van der Waals surface area contributed by atoms with Gasteiger partial charge in [0.25, 0.3) is 0 Å². The Kier molecular flexibility index (Phi) is 7.33. The first-order valence-corrected chi connectivity index (χ1v) is 5.91. The van der Waals surface area contributed by atoms with Gasteiger partial charge in [-0.05, 0) is 0 Å². The first-order valence-electron chi connectivity index (χ1n) is 5.91. The summed E-state index contributed by atoms with van der Waals surface area (Å²) in [6, 6.07) is -0.0382. The van der Waals surface area contributed by atoms with Gasteiger partial charge in [0, 0.05) is 32.1 Å². The summed E-state index contributed by atoms with van der Waals surface area (Å²) in [5.74, 6) is 0.0343. The number of carbonyl (C=O) groups excluding carboxylic acids is 2. The molecule has 3 amide bonds. The minimum Gasteiger partial charge on any atom is -0.354 e. The van der Waals surface area contributed by atoms with Crippen molar-refractivity contribution in [2.45, 2.75) is 27.7 Å². The van der Waals surface area contributed by atoms with Gasteiger partial charge in [0.15, 0.2) is 0 Å². The Balaban J connectivity index is 0.00000106. The van der Waals surface area contributed by atoms with Crippen LogP contribution in [0.3, 0.4) is 0 Å². The van der Waals surface area contributed by atoms with Gasteiger partial charge in [0.2, 0.25) is 5.91 Å². The highest BCUT2D eigenvalue weighted by atomic mass is 16.2. The topological polar surface area (TPSA) is 61.4 Å². The maximum atomic E-state index is 11.2. The molecule has 0 atom stereocenters. The molecule has 0 aromatic carbocycles. The van der Waals surface area contributed by atoms with E-state index < -0.39 is 0 Å². The lowest BCUT2D eigenvalue weighted by molar-refractivity contribution is -0.124. The van der Waals surface area contributed by atoms with E-state index >= 15 is 0 Å². The van der Waals surface area contributed by atoms with E-state index in [2.05, 4.69) is 10.6 Å². The van der Waals surface area contributed by atoms with E-state index in [1.807, 2.05) is 27.7 Å². The van der Waals surface area contributed by atoms with Gasteiger partial charge in [0.05, 0.1) is 0 Å². The van der Waals surface area contributed by atoms with Crippen LogP contribution in [0.1, 0.15) is 27.7 Å². The van der Waals surface area contributed by atoms with Gasteiger partial charge in [-0.1, -0.05) is 27.7 Å².